The number of nitrogens with zero attached hydrogens (tertiary/aromatic N) is 5. The zero-order chi connectivity index (χ0) is 28.9. The Balaban J connectivity index is 1.25. The first-order valence-electron chi connectivity index (χ1n) is 13.4. The number of hydrogen-bond acceptors (Lipinski definition) is 8. The van der Waals surface area contributed by atoms with Gasteiger partial charge in [-0.1, -0.05) is 17.7 Å². The van der Waals surface area contributed by atoms with Gasteiger partial charge in [-0.25, -0.2) is 4.68 Å². The predicted molar refractivity (Wildman–Crippen MR) is 144 cm³/mol. The SMILES string of the molecule is Nc1nc(O[C@H](c2ccc(Cl)cc2-n2ccc(C3CC3)n2)C(F)(F)F)cc(N2CCC3(CC2)CN[C@H](C(=O)O)C3)n1. The van der Waals surface area contributed by atoms with Crippen molar-refractivity contribution in [2.45, 2.75) is 56.3 Å². The summed E-state index contributed by atoms with van der Waals surface area (Å²) in [5.41, 5.74) is 6.58. The van der Waals surface area contributed by atoms with Crippen molar-refractivity contribution in [3.63, 3.8) is 0 Å². The highest BCUT2D eigenvalue weighted by molar-refractivity contribution is 6.30. The lowest BCUT2D eigenvalue weighted by atomic mass is 9.76. The van der Waals surface area contributed by atoms with Crippen molar-refractivity contribution in [3.05, 3.63) is 52.8 Å². The Morgan fingerprint density at radius 3 is 2.61 bits per heavy atom. The van der Waals surface area contributed by atoms with E-state index in [0.29, 0.717) is 50.6 Å². The second-order valence-corrected chi connectivity index (χ2v) is 11.5. The third-order valence-electron chi connectivity index (χ3n) is 8.18. The monoisotopic (exact) mass is 591 g/mol. The number of aliphatic carboxylic acids is 1. The van der Waals surface area contributed by atoms with E-state index >= 15 is 0 Å². The zero-order valence-electron chi connectivity index (χ0n) is 21.9. The molecular weight excluding hydrogens is 563 g/mol. The van der Waals surface area contributed by atoms with Gasteiger partial charge in [0, 0.05) is 48.4 Å². The van der Waals surface area contributed by atoms with E-state index < -0.39 is 24.3 Å². The molecule has 10 nitrogen and oxygen atoms in total. The number of ether oxygens (including phenoxy) is 1. The summed E-state index contributed by atoms with van der Waals surface area (Å²) in [5, 5.41) is 17.2. The summed E-state index contributed by atoms with van der Waals surface area (Å²) in [6.07, 6.45) is -1.61. The minimum atomic E-state index is -4.80. The molecule has 41 heavy (non-hydrogen) atoms. The van der Waals surface area contributed by atoms with Crippen molar-refractivity contribution in [3.8, 4) is 11.6 Å². The maximum atomic E-state index is 14.5. The molecule has 3 aromatic rings. The molecule has 2 saturated heterocycles. The number of anilines is 2. The van der Waals surface area contributed by atoms with Crippen LogP contribution in [0.1, 0.15) is 55.4 Å². The third kappa shape index (κ3) is 5.78. The smallest absolute Gasteiger partial charge is 0.429 e. The number of nitrogens with one attached hydrogen (secondary N) is 1. The van der Waals surface area contributed by atoms with Gasteiger partial charge in [0.2, 0.25) is 17.9 Å². The van der Waals surface area contributed by atoms with Crippen molar-refractivity contribution in [1.82, 2.24) is 25.1 Å². The Morgan fingerprint density at radius 2 is 1.95 bits per heavy atom. The largest absolute Gasteiger partial charge is 0.480 e. The number of piperidine rings is 1. The van der Waals surface area contributed by atoms with Crippen LogP contribution in [0.2, 0.25) is 5.02 Å². The van der Waals surface area contributed by atoms with E-state index in [1.807, 2.05) is 4.90 Å². The minimum Gasteiger partial charge on any atom is -0.480 e. The van der Waals surface area contributed by atoms with Crippen molar-refractivity contribution < 1.29 is 27.8 Å². The Hall–Kier alpha value is -3.58. The first kappa shape index (κ1) is 27.6. The molecule has 2 aromatic heterocycles. The van der Waals surface area contributed by atoms with Gasteiger partial charge in [0.15, 0.2) is 0 Å². The van der Waals surface area contributed by atoms with Crippen LogP contribution in [0, 0.1) is 5.41 Å². The number of carboxylic acids is 1. The normalized spacial score (nSPS) is 21.3. The molecular formula is C27H29ClF3N7O3. The van der Waals surface area contributed by atoms with Crippen molar-refractivity contribution in [2.75, 3.05) is 30.3 Å². The molecule has 14 heteroatoms. The van der Waals surface area contributed by atoms with Crippen LogP contribution in [0.15, 0.2) is 36.5 Å². The fourth-order valence-electron chi connectivity index (χ4n) is 5.77. The lowest BCUT2D eigenvalue weighted by Gasteiger charge is -2.39. The highest BCUT2D eigenvalue weighted by Crippen LogP contribution is 2.43. The van der Waals surface area contributed by atoms with E-state index in [2.05, 4.69) is 20.4 Å². The fourth-order valence-corrected chi connectivity index (χ4v) is 5.94. The Kier molecular flexibility index (Phi) is 6.97. The van der Waals surface area contributed by atoms with E-state index in [4.69, 9.17) is 22.1 Å². The van der Waals surface area contributed by atoms with Crippen LogP contribution in [-0.4, -0.2) is 62.7 Å². The van der Waals surface area contributed by atoms with Gasteiger partial charge in [-0.05, 0) is 55.7 Å². The highest BCUT2D eigenvalue weighted by atomic mass is 35.5. The molecule has 1 aromatic carbocycles. The van der Waals surface area contributed by atoms with Gasteiger partial charge in [0.05, 0.1) is 11.4 Å². The van der Waals surface area contributed by atoms with Crippen LogP contribution in [0.5, 0.6) is 5.88 Å². The molecule has 2 aliphatic heterocycles. The van der Waals surface area contributed by atoms with Gasteiger partial charge in [-0.3, -0.25) is 4.79 Å². The lowest BCUT2D eigenvalue weighted by molar-refractivity contribution is -0.198. The number of nitrogens with two attached hydrogens (primary N) is 1. The maximum absolute atomic E-state index is 14.5. The van der Waals surface area contributed by atoms with E-state index in [-0.39, 0.29) is 33.5 Å². The summed E-state index contributed by atoms with van der Waals surface area (Å²) in [4.78, 5) is 21.5. The van der Waals surface area contributed by atoms with E-state index in [9.17, 15) is 23.1 Å². The first-order chi connectivity index (χ1) is 19.5. The van der Waals surface area contributed by atoms with Crippen LogP contribution in [-0.2, 0) is 4.79 Å². The topological polar surface area (TPSA) is 131 Å². The number of carboxylic acid groups (broad SMARTS) is 1. The number of benzene rings is 1. The maximum Gasteiger partial charge on any atom is 0.429 e. The van der Waals surface area contributed by atoms with Gasteiger partial charge in [-0.15, -0.1) is 0 Å². The van der Waals surface area contributed by atoms with E-state index in [1.165, 1.54) is 28.9 Å². The fraction of sp³-hybridized carbons (Fsp3) is 0.481. The van der Waals surface area contributed by atoms with Crippen molar-refractivity contribution in [2.24, 2.45) is 5.41 Å². The average Bonchev–Trinajstić information content (AvgIpc) is 3.50. The molecule has 4 N–H and O–H groups in total. The molecule has 2 atom stereocenters. The number of aromatic nitrogens is 4. The summed E-state index contributed by atoms with van der Waals surface area (Å²) in [7, 11) is 0. The van der Waals surface area contributed by atoms with Crippen LogP contribution >= 0.6 is 11.6 Å². The number of nitrogen functional groups attached to an aromatic ring is 1. The molecule has 4 heterocycles. The number of rotatable bonds is 7. The summed E-state index contributed by atoms with van der Waals surface area (Å²) in [6.45, 7) is 1.68. The van der Waals surface area contributed by atoms with E-state index in [0.717, 1.165) is 18.5 Å². The number of halogens is 4. The number of carbonyl (C=O) groups is 1. The number of hydrogen-bond donors (Lipinski definition) is 3. The Labute approximate surface area is 238 Å². The van der Waals surface area contributed by atoms with Crippen LogP contribution < -0.4 is 20.7 Å². The van der Waals surface area contributed by atoms with Gasteiger partial charge in [-0.2, -0.15) is 28.2 Å². The van der Waals surface area contributed by atoms with Crippen molar-refractivity contribution >= 4 is 29.3 Å². The van der Waals surface area contributed by atoms with E-state index in [1.54, 1.807) is 12.3 Å². The summed E-state index contributed by atoms with van der Waals surface area (Å²) in [5.74, 6) is -0.729. The molecule has 3 fully saturated rings. The Morgan fingerprint density at radius 1 is 1.20 bits per heavy atom. The minimum absolute atomic E-state index is 0.143. The third-order valence-corrected chi connectivity index (χ3v) is 8.41. The molecule has 218 valence electrons. The quantitative estimate of drug-likeness (QED) is 0.364. The molecule has 0 amide bonds. The molecule has 1 aliphatic carbocycles. The van der Waals surface area contributed by atoms with Gasteiger partial charge in [0.1, 0.15) is 11.9 Å². The summed E-state index contributed by atoms with van der Waals surface area (Å²) in [6, 6.07) is 6.67. The zero-order valence-corrected chi connectivity index (χ0v) is 22.7. The molecule has 3 aliphatic rings. The van der Waals surface area contributed by atoms with Crippen LogP contribution in [0.25, 0.3) is 5.69 Å². The lowest BCUT2D eigenvalue weighted by Crippen LogP contribution is -2.41. The second-order valence-electron chi connectivity index (χ2n) is 11.1. The molecule has 1 spiro atoms. The molecule has 6 rings (SSSR count). The molecule has 0 bridgehead atoms. The molecule has 0 unspecified atom stereocenters. The summed E-state index contributed by atoms with van der Waals surface area (Å²) >= 11 is 6.18. The highest BCUT2D eigenvalue weighted by Gasteiger charge is 2.46. The van der Waals surface area contributed by atoms with Gasteiger partial charge >= 0.3 is 12.1 Å². The first-order valence-corrected chi connectivity index (χ1v) is 13.8. The van der Waals surface area contributed by atoms with Crippen LogP contribution in [0.3, 0.4) is 0 Å². The predicted octanol–water partition coefficient (Wildman–Crippen LogP) is 4.49. The standard InChI is InChI=1S/C27H29ClF3N7O3/c28-16-3-4-17(20(11-16)38-8-5-18(36-38)15-1-2-15)23(27(29,30)31)41-22-12-21(34-25(32)35-22)37-9-6-26(7-10-37)13-19(24(39)40)33-14-26/h3-5,8,11-12,15,19,23,33H,1-2,6-7,9-10,13-14H2,(H,39,40)(H2,32,34,35)/t19-,23+/m0/s1. The van der Waals surface area contributed by atoms with Gasteiger partial charge < -0.3 is 25.8 Å². The Bertz CT molecular complexity index is 1450. The average molecular weight is 592 g/mol. The summed E-state index contributed by atoms with van der Waals surface area (Å²) < 4.78 is 50.5. The molecule has 0 radical (unpaired) electrons. The van der Waals surface area contributed by atoms with Crippen molar-refractivity contribution in [1.29, 1.82) is 0 Å². The number of alkyl halides is 3. The van der Waals surface area contributed by atoms with Gasteiger partial charge in [0.25, 0.3) is 0 Å². The van der Waals surface area contributed by atoms with Crippen LogP contribution in [0.4, 0.5) is 24.9 Å². The molecule has 1 saturated carbocycles. The second kappa shape index (κ2) is 10.4.